The number of rotatable bonds is 0. The maximum atomic E-state index is 12.4. The fourth-order valence-corrected chi connectivity index (χ4v) is 12.8. The number of Topliss-reactive ketones (excluding diaryl/α,β-unsaturated/α-hetero) is 2. The highest BCUT2D eigenvalue weighted by Gasteiger charge is 2.61. The molecule has 5 heteroatoms. The van der Waals surface area contributed by atoms with Crippen molar-refractivity contribution in [1.82, 2.24) is 0 Å². The number of aliphatic hydroxyl groups excluding tert-OH is 3. The van der Waals surface area contributed by atoms with Crippen molar-refractivity contribution >= 4 is 11.6 Å². The van der Waals surface area contributed by atoms with E-state index in [0.29, 0.717) is 47.1 Å². The van der Waals surface area contributed by atoms with Crippen LogP contribution in [0, 0.1) is 57.2 Å². The molecule has 13 atom stereocenters. The van der Waals surface area contributed by atoms with Crippen molar-refractivity contribution in [3.05, 3.63) is 23.3 Å². The predicted octanol–water partition coefficient (Wildman–Crippen LogP) is 6.73. The normalized spacial score (nSPS) is 53.5. The summed E-state index contributed by atoms with van der Waals surface area (Å²) >= 11 is 0. The predicted molar refractivity (Wildman–Crippen MR) is 167 cm³/mol. The van der Waals surface area contributed by atoms with E-state index >= 15 is 0 Å². The topological polar surface area (TPSA) is 94.8 Å². The van der Waals surface area contributed by atoms with Gasteiger partial charge in [0.1, 0.15) is 11.6 Å². The summed E-state index contributed by atoms with van der Waals surface area (Å²) in [5, 5.41) is 30.8. The first-order valence-corrected chi connectivity index (χ1v) is 17.8. The van der Waals surface area contributed by atoms with Crippen LogP contribution in [0.4, 0.5) is 0 Å². The maximum absolute atomic E-state index is 12.4. The van der Waals surface area contributed by atoms with Crippen LogP contribution in [-0.2, 0) is 9.59 Å². The van der Waals surface area contributed by atoms with Gasteiger partial charge in [-0.3, -0.25) is 9.59 Å². The fraction of sp³-hybridized carbons (Fsp3) is 0.842. The molecule has 5 nitrogen and oxygen atoms in total. The van der Waals surface area contributed by atoms with Gasteiger partial charge in [-0.15, -0.1) is 0 Å². The Hall–Kier alpha value is -1.30. The lowest BCUT2D eigenvalue weighted by Crippen LogP contribution is -2.54. The third kappa shape index (κ3) is 4.40. The molecule has 8 rings (SSSR count). The number of fused-ring (bicyclic) bond motifs is 10. The van der Waals surface area contributed by atoms with Crippen molar-refractivity contribution in [2.24, 2.45) is 57.2 Å². The molecule has 6 saturated carbocycles. The van der Waals surface area contributed by atoms with Gasteiger partial charge in [0.2, 0.25) is 0 Å². The first-order valence-electron chi connectivity index (χ1n) is 17.8. The quantitative estimate of drug-likeness (QED) is 0.271. The van der Waals surface area contributed by atoms with Gasteiger partial charge in [0.15, 0.2) is 0 Å². The summed E-state index contributed by atoms with van der Waals surface area (Å²) in [6, 6.07) is 0. The summed E-state index contributed by atoms with van der Waals surface area (Å²) in [6.45, 7) is 9.17. The van der Waals surface area contributed by atoms with Crippen molar-refractivity contribution < 1.29 is 24.9 Å². The lowest BCUT2D eigenvalue weighted by atomic mass is 9.47. The average molecular weight is 593 g/mol. The van der Waals surface area contributed by atoms with Crippen LogP contribution in [0.5, 0.6) is 0 Å². The van der Waals surface area contributed by atoms with Crippen molar-refractivity contribution in [3.8, 4) is 0 Å². The second-order valence-electron chi connectivity index (χ2n) is 17.3. The first kappa shape index (κ1) is 30.4. The minimum atomic E-state index is -0.436. The van der Waals surface area contributed by atoms with Crippen LogP contribution in [0.2, 0.25) is 0 Å². The molecule has 0 saturated heterocycles. The Morgan fingerprint density at radius 3 is 1.72 bits per heavy atom. The monoisotopic (exact) mass is 592 g/mol. The molecule has 0 aromatic heterocycles. The number of carbonyl (C=O) groups excluding carboxylic acids is 2. The Morgan fingerprint density at radius 1 is 0.605 bits per heavy atom. The first-order chi connectivity index (χ1) is 20.3. The van der Waals surface area contributed by atoms with Crippen molar-refractivity contribution in [2.45, 2.75) is 142 Å². The second-order valence-corrected chi connectivity index (χ2v) is 17.3. The molecule has 0 spiro atoms. The van der Waals surface area contributed by atoms with Crippen LogP contribution < -0.4 is 0 Å². The zero-order chi connectivity index (χ0) is 30.5. The van der Waals surface area contributed by atoms with Crippen LogP contribution in [-0.4, -0.2) is 45.2 Å². The summed E-state index contributed by atoms with van der Waals surface area (Å²) < 4.78 is 0. The molecule has 0 bridgehead atoms. The van der Waals surface area contributed by atoms with E-state index in [-0.39, 0.29) is 34.4 Å². The van der Waals surface area contributed by atoms with Crippen LogP contribution in [0.3, 0.4) is 0 Å². The Morgan fingerprint density at radius 2 is 1.07 bits per heavy atom. The third-order valence-electron chi connectivity index (χ3n) is 15.6. The summed E-state index contributed by atoms with van der Waals surface area (Å²) in [6.07, 6.45) is 18.4. The van der Waals surface area contributed by atoms with Crippen LogP contribution in [0.25, 0.3) is 0 Å². The molecule has 6 fully saturated rings. The molecule has 3 N–H and O–H groups in total. The highest BCUT2D eigenvalue weighted by molar-refractivity contribution is 5.87. The van der Waals surface area contributed by atoms with E-state index < -0.39 is 6.10 Å². The Balaban J connectivity index is 0.000000140. The standard InChI is InChI=1S/C19H28O3.C19H28O2/c1-18-7-5-12(20)9-11(18)10-15(21)17-13-3-4-16(22)19(13,2)8-6-14(17)18;1-18-9-7-13(20)11-12(18)3-4-14-15-5-6-17(21)19(15,2)10-8-16(14)18/h10,12-15,17,20-21H,3-9H2,1-2H3;3,13-16,20H,4-11H2,1-2H3/t12-,13?,14?,15-,17?,18-,19-;13-,14?,15?,16?,18-,19-/m00/s1. The van der Waals surface area contributed by atoms with Crippen molar-refractivity contribution in [1.29, 1.82) is 0 Å². The Bertz CT molecular complexity index is 1230. The van der Waals surface area contributed by atoms with Gasteiger partial charge < -0.3 is 15.3 Å². The molecule has 0 radical (unpaired) electrons. The van der Waals surface area contributed by atoms with Gasteiger partial charge in [0, 0.05) is 23.7 Å². The zero-order valence-electron chi connectivity index (χ0n) is 27.1. The number of carbonyl (C=O) groups is 2. The molecule has 0 aromatic rings. The lowest BCUT2D eigenvalue weighted by Gasteiger charge is -2.58. The smallest absolute Gasteiger partial charge is 0.139 e. The molecule has 6 unspecified atom stereocenters. The van der Waals surface area contributed by atoms with Gasteiger partial charge in [-0.2, -0.15) is 0 Å². The zero-order valence-corrected chi connectivity index (χ0v) is 27.1. The maximum Gasteiger partial charge on any atom is 0.139 e. The number of ketones is 2. The summed E-state index contributed by atoms with van der Waals surface area (Å²) in [5.74, 6) is 4.06. The van der Waals surface area contributed by atoms with E-state index in [4.69, 9.17) is 0 Å². The molecule has 8 aliphatic carbocycles. The molecule has 0 aliphatic heterocycles. The van der Waals surface area contributed by atoms with Gasteiger partial charge in [0.25, 0.3) is 0 Å². The van der Waals surface area contributed by atoms with E-state index in [1.54, 1.807) is 0 Å². The van der Waals surface area contributed by atoms with E-state index in [1.165, 1.54) is 17.6 Å². The van der Waals surface area contributed by atoms with Crippen LogP contribution in [0.1, 0.15) is 124 Å². The molecule has 8 aliphatic rings. The highest BCUT2D eigenvalue weighted by Crippen LogP contribution is 2.65. The molecule has 238 valence electrons. The van der Waals surface area contributed by atoms with Crippen molar-refractivity contribution in [3.63, 3.8) is 0 Å². The van der Waals surface area contributed by atoms with Crippen LogP contribution >= 0.6 is 0 Å². The molecule has 0 heterocycles. The van der Waals surface area contributed by atoms with E-state index in [2.05, 4.69) is 33.8 Å². The molecule has 43 heavy (non-hydrogen) atoms. The van der Waals surface area contributed by atoms with Gasteiger partial charge in [-0.1, -0.05) is 51.0 Å². The summed E-state index contributed by atoms with van der Waals surface area (Å²) in [4.78, 5) is 24.7. The van der Waals surface area contributed by atoms with Crippen molar-refractivity contribution in [2.75, 3.05) is 0 Å². The minimum Gasteiger partial charge on any atom is -0.393 e. The molecule has 0 amide bonds. The SMILES string of the molecule is C[C@]12CC[C@H](O)CC1=CCC1C2CC[C@]2(C)C(=O)CCC12.C[C@]12CC[C@H](O)CC1=C[C@H](O)C1C2CC[C@]2(C)C(=O)CCC12. The van der Waals surface area contributed by atoms with Gasteiger partial charge in [-0.25, -0.2) is 0 Å². The number of aliphatic hydroxyl groups is 3. The Kier molecular flexibility index (Phi) is 7.31. The molecular weight excluding hydrogens is 536 g/mol. The molecule has 0 aromatic carbocycles. The lowest BCUT2D eigenvalue weighted by molar-refractivity contribution is -0.135. The number of allylic oxidation sites excluding steroid dienone is 1. The summed E-state index contributed by atoms with van der Waals surface area (Å²) in [5.41, 5.74) is 3.00. The van der Waals surface area contributed by atoms with E-state index in [1.807, 2.05) is 6.08 Å². The van der Waals surface area contributed by atoms with Gasteiger partial charge in [0.05, 0.1) is 18.3 Å². The number of hydrogen-bond acceptors (Lipinski definition) is 5. The second kappa shape index (κ2) is 10.4. The van der Waals surface area contributed by atoms with E-state index in [9.17, 15) is 24.9 Å². The number of hydrogen-bond donors (Lipinski definition) is 3. The molecular formula is C38H56O5. The Labute approximate surface area is 259 Å². The van der Waals surface area contributed by atoms with Gasteiger partial charge >= 0.3 is 0 Å². The van der Waals surface area contributed by atoms with Crippen LogP contribution in [0.15, 0.2) is 23.3 Å². The largest absolute Gasteiger partial charge is 0.393 e. The summed E-state index contributed by atoms with van der Waals surface area (Å²) in [7, 11) is 0. The third-order valence-corrected chi connectivity index (χ3v) is 15.6. The fourth-order valence-electron chi connectivity index (χ4n) is 12.8. The van der Waals surface area contributed by atoms with E-state index in [0.717, 1.165) is 89.4 Å². The van der Waals surface area contributed by atoms with Gasteiger partial charge in [-0.05, 0) is 130 Å². The average Bonchev–Trinajstić information content (AvgIpc) is 3.45. The highest BCUT2D eigenvalue weighted by atomic mass is 16.3. The minimum absolute atomic E-state index is 0.0168.